The lowest BCUT2D eigenvalue weighted by molar-refractivity contribution is 0.607. The van der Waals surface area contributed by atoms with Gasteiger partial charge in [0, 0.05) is 12.2 Å². The van der Waals surface area contributed by atoms with E-state index >= 15 is 0 Å². The number of hydrogen-bond donors (Lipinski definition) is 3. The third-order valence-corrected chi connectivity index (χ3v) is 2.72. The first-order valence-corrected chi connectivity index (χ1v) is 7.51. The van der Waals surface area contributed by atoms with Gasteiger partial charge in [0.2, 0.25) is 10.0 Å². The highest BCUT2D eigenvalue weighted by Crippen LogP contribution is 2.11. The molecule has 1 aromatic carbocycles. The molecule has 0 amide bonds. The highest BCUT2D eigenvalue weighted by molar-refractivity contribution is 7.92. The number of anilines is 1. The number of rotatable bonds is 6. The maximum atomic E-state index is 11.0. The van der Waals surface area contributed by atoms with Gasteiger partial charge in [0.05, 0.1) is 12.8 Å². The molecule has 0 saturated heterocycles. The molecule has 0 aliphatic heterocycles. The lowest BCUT2D eigenvalue weighted by Crippen LogP contribution is -2.31. The maximum Gasteiger partial charge on any atom is 0.229 e. The molecular formula is C12H18N4O2S. The number of guanidine groups is 1. The van der Waals surface area contributed by atoms with Crippen molar-refractivity contribution in [1.29, 1.82) is 0 Å². The van der Waals surface area contributed by atoms with Gasteiger partial charge < -0.3 is 11.1 Å². The first kappa shape index (κ1) is 15.0. The molecule has 6 nitrogen and oxygen atoms in total. The number of hydrogen-bond acceptors (Lipinski definition) is 3. The van der Waals surface area contributed by atoms with Crippen molar-refractivity contribution < 1.29 is 8.42 Å². The summed E-state index contributed by atoms with van der Waals surface area (Å²) in [6, 6.07) is 6.94. The van der Waals surface area contributed by atoms with Crippen molar-refractivity contribution >= 4 is 21.7 Å². The Labute approximate surface area is 113 Å². The molecular weight excluding hydrogens is 264 g/mol. The van der Waals surface area contributed by atoms with E-state index in [1.807, 2.05) is 0 Å². The molecule has 0 heterocycles. The fraction of sp³-hybridized carbons (Fsp3) is 0.250. The van der Waals surface area contributed by atoms with Crippen LogP contribution in [0.2, 0.25) is 0 Å². The minimum absolute atomic E-state index is 0.346. The Morgan fingerprint density at radius 3 is 2.58 bits per heavy atom. The molecule has 0 saturated carbocycles. The van der Waals surface area contributed by atoms with Gasteiger partial charge in [-0.2, -0.15) is 0 Å². The molecule has 0 fully saturated rings. The Bertz CT molecular complexity index is 550. The summed E-state index contributed by atoms with van der Waals surface area (Å²) in [5, 5.41) is 2.86. The predicted octanol–water partition coefficient (Wildman–Crippen LogP) is 0.648. The standard InChI is InChI=1S/C12H18N4O2S/c1-3-8-14-12(13)15-9-10-4-6-11(7-5-10)16-19(2,17)18/h3-7,16H,1,8-9H2,2H3,(H3,13,14,15). The van der Waals surface area contributed by atoms with E-state index in [0.29, 0.717) is 24.7 Å². The van der Waals surface area contributed by atoms with E-state index in [1.165, 1.54) is 0 Å². The van der Waals surface area contributed by atoms with E-state index in [-0.39, 0.29) is 0 Å². The van der Waals surface area contributed by atoms with E-state index < -0.39 is 10.0 Å². The van der Waals surface area contributed by atoms with Crippen molar-refractivity contribution in [2.45, 2.75) is 6.54 Å². The van der Waals surface area contributed by atoms with Crippen LogP contribution in [0.3, 0.4) is 0 Å². The molecule has 7 heteroatoms. The summed E-state index contributed by atoms with van der Waals surface area (Å²) in [4.78, 5) is 4.13. The molecule has 0 unspecified atom stereocenters. The van der Waals surface area contributed by atoms with Gasteiger partial charge in [-0.1, -0.05) is 18.2 Å². The number of aliphatic imine (C=N–C) groups is 1. The minimum Gasteiger partial charge on any atom is -0.370 e. The Morgan fingerprint density at radius 2 is 2.05 bits per heavy atom. The molecule has 19 heavy (non-hydrogen) atoms. The molecule has 0 atom stereocenters. The van der Waals surface area contributed by atoms with Crippen molar-refractivity contribution in [3.63, 3.8) is 0 Å². The fourth-order valence-corrected chi connectivity index (χ4v) is 1.87. The third kappa shape index (κ3) is 6.46. The summed E-state index contributed by atoms with van der Waals surface area (Å²) in [7, 11) is -3.24. The van der Waals surface area contributed by atoms with Gasteiger partial charge in [0.25, 0.3) is 0 Å². The van der Waals surface area contributed by atoms with Gasteiger partial charge in [-0.05, 0) is 17.7 Å². The van der Waals surface area contributed by atoms with Gasteiger partial charge in [0.15, 0.2) is 5.96 Å². The quantitative estimate of drug-likeness (QED) is 0.405. The third-order valence-electron chi connectivity index (χ3n) is 2.12. The molecule has 0 spiro atoms. The smallest absolute Gasteiger partial charge is 0.229 e. The van der Waals surface area contributed by atoms with Crippen molar-refractivity contribution in [1.82, 2.24) is 5.32 Å². The van der Waals surface area contributed by atoms with Crippen LogP contribution < -0.4 is 15.8 Å². The minimum atomic E-state index is -3.24. The van der Waals surface area contributed by atoms with Gasteiger partial charge in [-0.15, -0.1) is 6.58 Å². The zero-order valence-electron chi connectivity index (χ0n) is 10.8. The summed E-state index contributed by atoms with van der Waals surface area (Å²) in [6.45, 7) is 4.55. The molecule has 0 radical (unpaired) electrons. The topological polar surface area (TPSA) is 96.6 Å². The molecule has 0 aliphatic rings. The van der Waals surface area contributed by atoms with Crippen LogP contribution in [0.25, 0.3) is 0 Å². The van der Waals surface area contributed by atoms with Gasteiger partial charge in [-0.25, -0.2) is 13.4 Å². The van der Waals surface area contributed by atoms with Crippen LogP contribution >= 0.6 is 0 Å². The largest absolute Gasteiger partial charge is 0.370 e. The highest BCUT2D eigenvalue weighted by Gasteiger charge is 2.01. The average molecular weight is 282 g/mol. The van der Waals surface area contributed by atoms with E-state index in [2.05, 4.69) is 21.6 Å². The van der Waals surface area contributed by atoms with Crippen LogP contribution in [-0.2, 0) is 16.6 Å². The second-order valence-electron chi connectivity index (χ2n) is 3.94. The van der Waals surface area contributed by atoms with Crippen LogP contribution in [0.15, 0.2) is 41.9 Å². The molecule has 104 valence electrons. The summed E-state index contributed by atoms with van der Waals surface area (Å²) in [5.74, 6) is 0.346. The zero-order valence-corrected chi connectivity index (χ0v) is 11.6. The number of nitrogens with two attached hydrogens (primary N) is 1. The summed E-state index contributed by atoms with van der Waals surface area (Å²) in [6.07, 6.45) is 2.80. The van der Waals surface area contributed by atoms with Crippen molar-refractivity contribution in [2.24, 2.45) is 10.7 Å². The van der Waals surface area contributed by atoms with Gasteiger partial charge in [-0.3, -0.25) is 4.72 Å². The number of nitrogens with one attached hydrogen (secondary N) is 2. The van der Waals surface area contributed by atoms with Gasteiger partial charge >= 0.3 is 0 Å². The summed E-state index contributed by atoms with van der Waals surface area (Å²) >= 11 is 0. The lowest BCUT2D eigenvalue weighted by Gasteiger charge is -2.05. The molecule has 4 N–H and O–H groups in total. The summed E-state index contributed by atoms with van der Waals surface area (Å²) < 4.78 is 24.5. The number of benzene rings is 1. The molecule has 1 aromatic rings. The van der Waals surface area contributed by atoms with Crippen LogP contribution in [0.5, 0.6) is 0 Å². The van der Waals surface area contributed by atoms with E-state index in [4.69, 9.17) is 5.73 Å². The molecule has 0 aromatic heterocycles. The Kier molecular flexibility index (Phi) is 5.37. The number of nitrogens with zero attached hydrogens (tertiary/aromatic N) is 1. The van der Waals surface area contributed by atoms with E-state index in [9.17, 15) is 8.42 Å². The summed E-state index contributed by atoms with van der Waals surface area (Å²) in [5.41, 5.74) is 7.07. The first-order valence-electron chi connectivity index (χ1n) is 5.62. The van der Waals surface area contributed by atoms with Crippen LogP contribution in [0, 0.1) is 0 Å². The monoisotopic (exact) mass is 282 g/mol. The van der Waals surface area contributed by atoms with Crippen molar-refractivity contribution in [2.75, 3.05) is 17.5 Å². The SMILES string of the molecule is C=CCNC(N)=NCc1ccc(NS(C)(=O)=O)cc1. The van der Waals surface area contributed by atoms with Crippen LogP contribution in [0.1, 0.15) is 5.56 Å². The van der Waals surface area contributed by atoms with Crippen molar-refractivity contribution in [3.05, 3.63) is 42.5 Å². The fourth-order valence-electron chi connectivity index (χ4n) is 1.30. The maximum absolute atomic E-state index is 11.0. The average Bonchev–Trinajstić information content (AvgIpc) is 2.33. The second kappa shape index (κ2) is 6.79. The molecule has 0 aliphatic carbocycles. The molecule has 1 rings (SSSR count). The Morgan fingerprint density at radius 1 is 1.42 bits per heavy atom. The van der Waals surface area contributed by atoms with Crippen molar-refractivity contribution in [3.8, 4) is 0 Å². The van der Waals surface area contributed by atoms with Crippen LogP contribution in [-0.4, -0.2) is 27.2 Å². The second-order valence-corrected chi connectivity index (χ2v) is 5.69. The Balaban J connectivity index is 2.59. The van der Waals surface area contributed by atoms with E-state index in [0.717, 1.165) is 11.8 Å². The predicted molar refractivity (Wildman–Crippen MR) is 78.4 cm³/mol. The van der Waals surface area contributed by atoms with E-state index in [1.54, 1.807) is 30.3 Å². The highest BCUT2D eigenvalue weighted by atomic mass is 32.2. The zero-order chi connectivity index (χ0) is 14.3. The molecule has 0 bridgehead atoms. The first-order chi connectivity index (χ1) is 8.90. The van der Waals surface area contributed by atoms with Gasteiger partial charge in [0.1, 0.15) is 0 Å². The number of sulfonamides is 1. The lowest BCUT2D eigenvalue weighted by atomic mass is 10.2. The Hall–Kier alpha value is -2.02. The van der Waals surface area contributed by atoms with Crippen LogP contribution in [0.4, 0.5) is 5.69 Å². The normalized spacial score (nSPS) is 11.9.